The molecule has 0 saturated carbocycles. The van der Waals surface area contributed by atoms with Crippen LogP contribution in [-0.4, -0.2) is 97.2 Å². The quantitative estimate of drug-likeness (QED) is 0.774. The molecular formula is C19H32N6O3S. The molecule has 0 aliphatic carbocycles. The van der Waals surface area contributed by atoms with Crippen molar-refractivity contribution in [1.29, 1.82) is 0 Å². The molecule has 1 unspecified atom stereocenters. The van der Waals surface area contributed by atoms with Crippen molar-refractivity contribution in [2.75, 3.05) is 63.9 Å². The second-order valence-corrected chi connectivity index (χ2v) is 9.17. The maximum atomic E-state index is 13.1. The molecule has 0 spiro atoms. The molecule has 1 N–H and O–H groups in total. The lowest BCUT2D eigenvalue weighted by atomic mass is 9.87. The van der Waals surface area contributed by atoms with Crippen LogP contribution in [0.2, 0.25) is 0 Å². The monoisotopic (exact) mass is 424 g/mol. The molecule has 3 saturated heterocycles. The van der Waals surface area contributed by atoms with Crippen LogP contribution < -0.4 is 15.0 Å². The highest BCUT2D eigenvalue weighted by Crippen LogP contribution is 2.29. The predicted molar refractivity (Wildman–Crippen MR) is 112 cm³/mol. The van der Waals surface area contributed by atoms with Crippen LogP contribution in [0.25, 0.3) is 0 Å². The summed E-state index contributed by atoms with van der Waals surface area (Å²) < 4.78 is 11.1. The lowest BCUT2D eigenvalue weighted by molar-refractivity contribution is 0.0272. The van der Waals surface area contributed by atoms with E-state index in [1.54, 1.807) is 0 Å². The van der Waals surface area contributed by atoms with Crippen LogP contribution in [0.3, 0.4) is 0 Å². The average molecular weight is 425 g/mol. The van der Waals surface area contributed by atoms with Gasteiger partial charge in [-0.2, -0.15) is 0 Å². The highest BCUT2D eigenvalue weighted by atomic mass is 32.1. The summed E-state index contributed by atoms with van der Waals surface area (Å²) in [5, 5.41) is 12.9. The van der Waals surface area contributed by atoms with Gasteiger partial charge in [-0.25, -0.2) is 4.79 Å². The molecule has 3 fully saturated rings. The van der Waals surface area contributed by atoms with Crippen LogP contribution in [0.5, 0.6) is 5.19 Å². The van der Waals surface area contributed by atoms with Crippen molar-refractivity contribution in [3.05, 3.63) is 0 Å². The Labute approximate surface area is 176 Å². The van der Waals surface area contributed by atoms with Crippen molar-refractivity contribution in [2.45, 2.75) is 38.8 Å². The van der Waals surface area contributed by atoms with Gasteiger partial charge in [0, 0.05) is 38.8 Å². The number of piperidine rings is 1. The first-order valence-corrected chi connectivity index (χ1v) is 11.5. The number of nitrogens with zero attached hydrogens (tertiary/aromatic N) is 5. The second kappa shape index (κ2) is 9.55. The molecule has 9 nitrogen and oxygen atoms in total. The van der Waals surface area contributed by atoms with Gasteiger partial charge in [-0.15, -0.1) is 5.10 Å². The number of carbonyl (C=O) groups excluding carboxylic acids is 1. The van der Waals surface area contributed by atoms with Crippen molar-refractivity contribution in [3.8, 4) is 5.19 Å². The summed E-state index contributed by atoms with van der Waals surface area (Å²) in [6, 6.07) is 0.670. The van der Waals surface area contributed by atoms with Crippen LogP contribution in [0.1, 0.15) is 26.7 Å². The maximum absolute atomic E-state index is 13.1. The minimum Gasteiger partial charge on any atom is -0.380 e. The summed E-state index contributed by atoms with van der Waals surface area (Å²) in [6.07, 6.45) is 1.91. The third-order valence-corrected chi connectivity index (χ3v) is 7.06. The third kappa shape index (κ3) is 4.99. The molecule has 29 heavy (non-hydrogen) atoms. The Morgan fingerprint density at radius 3 is 2.66 bits per heavy atom. The van der Waals surface area contributed by atoms with E-state index in [0.29, 0.717) is 36.9 Å². The minimum atomic E-state index is -0.290. The lowest BCUT2D eigenvalue weighted by Crippen LogP contribution is -2.60. The van der Waals surface area contributed by atoms with Crippen molar-refractivity contribution < 1.29 is 14.3 Å². The second-order valence-electron chi connectivity index (χ2n) is 8.25. The van der Waals surface area contributed by atoms with E-state index in [0.717, 1.165) is 57.2 Å². The topological polar surface area (TPSA) is 83.1 Å². The van der Waals surface area contributed by atoms with Gasteiger partial charge in [0.1, 0.15) is 0 Å². The number of hydrogen-bond acceptors (Lipinski definition) is 9. The fourth-order valence-electron chi connectivity index (χ4n) is 4.42. The van der Waals surface area contributed by atoms with Crippen molar-refractivity contribution >= 4 is 22.6 Å². The van der Waals surface area contributed by atoms with E-state index >= 15 is 0 Å². The van der Waals surface area contributed by atoms with Gasteiger partial charge in [0.15, 0.2) is 0 Å². The van der Waals surface area contributed by atoms with Gasteiger partial charge in [-0.3, -0.25) is 4.90 Å². The number of morpholine rings is 1. The molecule has 10 heteroatoms. The first-order chi connectivity index (χ1) is 14.1. The third-order valence-electron chi connectivity index (χ3n) is 6.19. The summed E-state index contributed by atoms with van der Waals surface area (Å²) in [7, 11) is 0. The number of aromatic nitrogens is 2. The Bertz CT molecular complexity index is 675. The predicted octanol–water partition coefficient (Wildman–Crippen LogP) is 1.27. The lowest BCUT2D eigenvalue weighted by Gasteiger charge is -2.46. The zero-order valence-corrected chi connectivity index (χ0v) is 18.2. The van der Waals surface area contributed by atoms with Gasteiger partial charge in [0.25, 0.3) is 0 Å². The normalized spacial score (nSPS) is 24.9. The van der Waals surface area contributed by atoms with E-state index in [1.165, 1.54) is 11.3 Å². The van der Waals surface area contributed by atoms with Crippen LogP contribution in [0.4, 0.5) is 9.93 Å². The fourth-order valence-corrected chi connectivity index (χ4v) is 5.16. The molecule has 4 rings (SSSR count). The standard InChI is InChI=1S/C19H32N6O3S/c1-14(2)24-7-8-25(16(13-24)15-3-5-20-6-4-15)19(26)28-18-22-21-17(29-18)23-9-11-27-12-10-23/h14-16,20H,3-13H2,1-2H3. The van der Waals surface area contributed by atoms with Gasteiger partial charge in [0.2, 0.25) is 5.13 Å². The van der Waals surface area contributed by atoms with Gasteiger partial charge in [-0.05, 0) is 57.0 Å². The van der Waals surface area contributed by atoms with Crippen molar-refractivity contribution in [1.82, 2.24) is 25.3 Å². The van der Waals surface area contributed by atoms with E-state index in [1.807, 2.05) is 4.90 Å². The molecule has 3 aliphatic rings. The van der Waals surface area contributed by atoms with Crippen molar-refractivity contribution in [3.63, 3.8) is 0 Å². The van der Waals surface area contributed by atoms with Gasteiger partial charge < -0.3 is 24.6 Å². The number of hydrogen-bond donors (Lipinski definition) is 1. The zero-order chi connectivity index (χ0) is 20.2. The van der Waals surface area contributed by atoms with E-state index in [9.17, 15) is 4.79 Å². The Morgan fingerprint density at radius 1 is 1.17 bits per heavy atom. The van der Waals surface area contributed by atoms with E-state index < -0.39 is 0 Å². The number of carbonyl (C=O) groups is 1. The van der Waals surface area contributed by atoms with Crippen LogP contribution in [0, 0.1) is 5.92 Å². The van der Waals surface area contributed by atoms with E-state index in [4.69, 9.17) is 9.47 Å². The average Bonchev–Trinajstić information content (AvgIpc) is 3.23. The molecule has 0 radical (unpaired) electrons. The Morgan fingerprint density at radius 2 is 1.93 bits per heavy atom. The molecule has 1 aromatic heterocycles. The Kier molecular flexibility index (Phi) is 6.84. The molecule has 0 aromatic carbocycles. The zero-order valence-electron chi connectivity index (χ0n) is 17.4. The first kappa shape index (κ1) is 20.8. The van der Waals surface area contributed by atoms with Crippen LogP contribution >= 0.6 is 11.3 Å². The van der Waals surface area contributed by atoms with Gasteiger partial charge in [-0.1, -0.05) is 5.10 Å². The summed E-state index contributed by atoms with van der Waals surface area (Å²) in [4.78, 5) is 19.6. The Balaban J connectivity index is 1.42. The summed E-state index contributed by atoms with van der Waals surface area (Å²) in [5.74, 6) is 0.503. The highest BCUT2D eigenvalue weighted by Gasteiger charge is 2.38. The fraction of sp³-hybridized carbons (Fsp3) is 0.842. The summed E-state index contributed by atoms with van der Waals surface area (Å²) in [6.45, 7) is 11.9. The molecule has 1 atom stereocenters. The number of ether oxygens (including phenoxy) is 2. The molecule has 1 amide bonds. The minimum absolute atomic E-state index is 0.187. The Hall–Kier alpha value is -1.49. The van der Waals surface area contributed by atoms with Crippen LogP contribution in [0.15, 0.2) is 0 Å². The maximum Gasteiger partial charge on any atom is 0.417 e. The summed E-state index contributed by atoms with van der Waals surface area (Å²) in [5.41, 5.74) is 0. The SMILES string of the molecule is CC(C)N1CCN(C(=O)Oc2nnc(N3CCOCC3)s2)C(C2CCNCC2)C1. The van der Waals surface area contributed by atoms with E-state index in [-0.39, 0.29) is 12.1 Å². The van der Waals surface area contributed by atoms with Crippen LogP contribution in [-0.2, 0) is 4.74 Å². The smallest absolute Gasteiger partial charge is 0.380 e. The summed E-state index contributed by atoms with van der Waals surface area (Å²) >= 11 is 1.33. The highest BCUT2D eigenvalue weighted by molar-refractivity contribution is 7.17. The largest absolute Gasteiger partial charge is 0.417 e. The molecule has 162 valence electrons. The van der Waals surface area contributed by atoms with Crippen molar-refractivity contribution in [2.24, 2.45) is 5.92 Å². The number of piperazine rings is 1. The first-order valence-electron chi connectivity index (χ1n) is 10.7. The van der Waals surface area contributed by atoms with Gasteiger partial charge >= 0.3 is 11.3 Å². The molecule has 3 aliphatic heterocycles. The number of anilines is 1. The van der Waals surface area contributed by atoms with E-state index in [2.05, 4.69) is 39.2 Å². The number of rotatable bonds is 4. The molecule has 0 bridgehead atoms. The number of nitrogens with one attached hydrogen (secondary N) is 1. The molecular weight excluding hydrogens is 392 g/mol. The molecule has 1 aromatic rings. The number of amides is 1. The molecule has 4 heterocycles. The van der Waals surface area contributed by atoms with Gasteiger partial charge in [0.05, 0.1) is 19.3 Å².